The molecule has 0 spiro atoms. The second-order valence-corrected chi connectivity index (χ2v) is 6.47. The van der Waals surface area contributed by atoms with Gasteiger partial charge in [0.1, 0.15) is 0 Å². The topological polar surface area (TPSA) is 45.3 Å². The van der Waals surface area contributed by atoms with Gasteiger partial charge in [-0.3, -0.25) is 4.79 Å². The summed E-state index contributed by atoms with van der Waals surface area (Å²) in [6.45, 7) is 3.09. The molecular weight excluding hydrogens is 276 g/mol. The number of benzene rings is 1. The highest BCUT2D eigenvalue weighted by atomic mass is 16.5. The fourth-order valence-electron chi connectivity index (χ4n) is 3.71. The molecule has 2 aromatic rings. The number of hydrogen-bond acceptors (Lipinski definition) is 2. The van der Waals surface area contributed by atoms with Crippen LogP contribution in [-0.4, -0.2) is 42.1 Å². The zero-order chi connectivity index (χ0) is 14.9. The molecule has 4 nitrogen and oxygen atoms in total. The Labute approximate surface area is 130 Å². The molecule has 1 atom stereocenters. The number of aromatic amines is 1. The first-order valence-corrected chi connectivity index (χ1v) is 8.25. The lowest BCUT2D eigenvalue weighted by Crippen LogP contribution is -2.41. The highest BCUT2D eigenvalue weighted by molar-refractivity contribution is 5.81. The van der Waals surface area contributed by atoms with Crippen LogP contribution < -0.4 is 0 Å². The van der Waals surface area contributed by atoms with E-state index in [4.69, 9.17) is 4.74 Å². The van der Waals surface area contributed by atoms with E-state index < -0.39 is 0 Å². The van der Waals surface area contributed by atoms with Crippen LogP contribution in [0.3, 0.4) is 0 Å². The summed E-state index contributed by atoms with van der Waals surface area (Å²) in [5.74, 6) is 0.938. The number of likely N-dealkylation sites (tertiary alicyclic amines) is 1. The summed E-state index contributed by atoms with van der Waals surface area (Å²) in [4.78, 5) is 18.0. The quantitative estimate of drug-likeness (QED) is 0.926. The van der Waals surface area contributed by atoms with Gasteiger partial charge in [0.2, 0.25) is 5.91 Å². The zero-order valence-electron chi connectivity index (χ0n) is 12.8. The van der Waals surface area contributed by atoms with Crippen LogP contribution in [0, 0.1) is 5.92 Å². The van der Waals surface area contributed by atoms with E-state index in [-0.39, 0.29) is 5.92 Å². The van der Waals surface area contributed by atoms with Crippen molar-refractivity contribution in [3.8, 4) is 0 Å². The van der Waals surface area contributed by atoms with Gasteiger partial charge < -0.3 is 14.6 Å². The molecule has 116 valence electrons. The Morgan fingerprint density at radius 2 is 2.00 bits per heavy atom. The molecule has 2 aliphatic heterocycles. The zero-order valence-corrected chi connectivity index (χ0v) is 12.8. The fourth-order valence-corrected chi connectivity index (χ4v) is 3.71. The van der Waals surface area contributed by atoms with Gasteiger partial charge in [0.25, 0.3) is 0 Å². The maximum absolute atomic E-state index is 12.4. The number of carbonyl (C=O) groups is 1. The Hall–Kier alpha value is -1.81. The van der Waals surface area contributed by atoms with E-state index in [9.17, 15) is 4.79 Å². The molecular formula is C18H22N2O2. The second kappa shape index (κ2) is 5.76. The smallest absolute Gasteiger partial charge is 0.228 e. The lowest BCUT2D eigenvalue weighted by molar-refractivity contribution is -0.136. The predicted octanol–water partition coefficient (Wildman–Crippen LogP) is 2.91. The first-order valence-electron chi connectivity index (χ1n) is 8.25. The maximum Gasteiger partial charge on any atom is 0.228 e. The molecule has 1 N–H and O–H groups in total. The third-order valence-corrected chi connectivity index (χ3v) is 5.08. The van der Waals surface area contributed by atoms with E-state index in [0.29, 0.717) is 18.4 Å². The summed E-state index contributed by atoms with van der Waals surface area (Å²) in [6.07, 6.45) is 2.99. The molecule has 2 fully saturated rings. The van der Waals surface area contributed by atoms with Crippen LogP contribution >= 0.6 is 0 Å². The molecule has 0 saturated carbocycles. The van der Waals surface area contributed by atoms with Gasteiger partial charge in [-0.2, -0.15) is 0 Å². The summed E-state index contributed by atoms with van der Waals surface area (Å²) >= 11 is 0. The number of carbonyl (C=O) groups excluding carboxylic acids is 1. The van der Waals surface area contributed by atoms with Crippen LogP contribution in [0.1, 0.15) is 30.9 Å². The number of nitrogens with zero attached hydrogens (tertiary/aromatic N) is 1. The molecule has 0 radical (unpaired) electrons. The SMILES string of the molecule is O=C([C@@H]1CCOC1)N1CCC(c2cc3ccccc3[nH]2)CC1. The summed E-state index contributed by atoms with van der Waals surface area (Å²) in [6, 6.07) is 10.7. The van der Waals surface area contributed by atoms with Crippen molar-refractivity contribution in [2.45, 2.75) is 25.2 Å². The molecule has 0 unspecified atom stereocenters. The fraction of sp³-hybridized carbons (Fsp3) is 0.500. The first-order chi connectivity index (χ1) is 10.8. The molecule has 22 heavy (non-hydrogen) atoms. The average Bonchev–Trinajstić information content (AvgIpc) is 3.23. The van der Waals surface area contributed by atoms with E-state index in [1.165, 1.54) is 16.6 Å². The van der Waals surface area contributed by atoms with Crippen LogP contribution in [-0.2, 0) is 9.53 Å². The number of rotatable bonds is 2. The minimum Gasteiger partial charge on any atom is -0.381 e. The number of hydrogen-bond donors (Lipinski definition) is 1. The Kier molecular flexibility index (Phi) is 3.62. The summed E-state index contributed by atoms with van der Waals surface area (Å²) < 4.78 is 5.34. The largest absolute Gasteiger partial charge is 0.381 e. The molecule has 2 saturated heterocycles. The second-order valence-electron chi connectivity index (χ2n) is 6.47. The van der Waals surface area contributed by atoms with E-state index in [1.54, 1.807) is 0 Å². The third kappa shape index (κ3) is 2.52. The van der Waals surface area contributed by atoms with Gasteiger partial charge in [0.05, 0.1) is 12.5 Å². The van der Waals surface area contributed by atoms with Crippen molar-refractivity contribution in [2.75, 3.05) is 26.3 Å². The van der Waals surface area contributed by atoms with Gasteiger partial charge in [-0.1, -0.05) is 18.2 Å². The monoisotopic (exact) mass is 298 g/mol. The van der Waals surface area contributed by atoms with E-state index in [1.807, 2.05) is 4.90 Å². The highest BCUT2D eigenvalue weighted by Crippen LogP contribution is 2.30. The Bertz CT molecular complexity index is 632. The third-order valence-electron chi connectivity index (χ3n) is 5.08. The highest BCUT2D eigenvalue weighted by Gasteiger charge is 2.31. The number of fused-ring (bicyclic) bond motifs is 1. The number of ether oxygens (including phenoxy) is 1. The van der Waals surface area contributed by atoms with Crippen LogP contribution in [0.4, 0.5) is 0 Å². The van der Waals surface area contributed by atoms with Gasteiger partial charge >= 0.3 is 0 Å². The molecule has 2 aliphatic rings. The van der Waals surface area contributed by atoms with Crippen LogP contribution in [0.5, 0.6) is 0 Å². The molecule has 4 heteroatoms. The number of nitrogens with one attached hydrogen (secondary N) is 1. The lowest BCUT2D eigenvalue weighted by Gasteiger charge is -2.33. The molecule has 0 bridgehead atoms. The Morgan fingerprint density at radius 1 is 1.18 bits per heavy atom. The van der Waals surface area contributed by atoms with Crippen molar-refractivity contribution in [1.29, 1.82) is 0 Å². The molecule has 1 amide bonds. The first kappa shape index (κ1) is 13.8. The number of amides is 1. The van der Waals surface area contributed by atoms with Crippen molar-refractivity contribution in [1.82, 2.24) is 9.88 Å². The summed E-state index contributed by atoms with van der Waals surface area (Å²) in [5, 5.41) is 1.28. The van der Waals surface area contributed by atoms with Crippen molar-refractivity contribution in [2.24, 2.45) is 5.92 Å². The van der Waals surface area contributed by atoms with E-state index in [2.05, 4.69) is 35.3 Å². The molecule has 4 rings (SSSR count). The summed E-state index contributed by atoms with van der Waals surface area (Å²) in [7, 11) is 0. The molecule has 0 aliphatic carbocycles. The Morgan fingerprint density at radius 3 is 2.73 bits per heavy atom. The average molecular weight is 298 g/mol. The summed E-state index contributed by atoms with van der Waals surface area (Å²) in [5.41, 5.74) is 2.52. The van der Waals surface area contributed by atoms with Crippen molar-refractivity contribution < 1.29 is 9.53 Å². The number of aromatic nitrogens is 1. The Balaban J connectivity index is 1.41. The minimum atomic E-state index is 0.102. The van der Waals surface area contributed by atoms with Gasteiger partial charge in [-0.25, -0.2) is 0 Å². The van der Waals surface area contributed by atoms with Crippen LogP contribution in [0.2, 0.25) is 0 Å². The number of para-hydroxylation sites is 1. The van der Waals surface area contributed by atoms with Crippen LogP contribution in [0.15, 0.2) is 30.3 Å². The predicted molar refractivity (Wildman–Crippen MR) is 85.8 cm³/mol. The molecule has 3 heterocycles. The van der Waals surface area contributed by atoms with Gasteiger partial charge in [0, 0.05) is 36.8 Å². The van der Waals surface area contributed by atoms with Gasteiger partial charge in [-0.15, -0.1) is 0 Å². The van der Waals surface area contributed by atoms with E-state index in [0.717, 1.165) is 39.0 Å². The maximum atomic E-state index is 12.4. The van der Waals surface area contributed by atoms with Crippen molar-refractivity contribution in [3.05, 3.63) is 36.0 Å². The van der Waals surface area contributed by atoms with Crippen LogP contribution in [0.25, 0.3) is 10.9 Å². The number of piperidine rings is 1. The van der Waals surface area contributed by atoms with Crippen molar-refractivity contribution >= 4 is 16.8 Å². The number of H-pyrrole nitrogens is 1. The minimum absolute atomic E-state index is 0.102. The molecule has 1 aromatic carbocycles. The van der Waals surface area contributed by atoms with E-state index >= 15 is 0 Å². The standard InChI is InChI=1S/C18H22N2O2/c21-18(15-7-10-22-12-15)20-8-5-13(6-9-20)17-11-14-3-1-2-4-16(14)19-17/h1-4,11,13,15,19H,5-10,12H2/t15-/m1/s1. The lowest BCUT2D eigenvalue weighted by atomic mass is 9.92. The van der Waals surface area contributed by atoms with Gasteiger partial charge in [-0.05, 0) is 36.8 Å². The molecule has 1 aromatic heterocycles. The normalized spacial score (nSPS) is 23.3. The van der Waals surface area contributed by atoms with Crippen molar-refractivity contribution in [3.63, 3.8) is 0 Å². The van der Waals surface area contributed by atoms with Gasteiger partial charge in [0.15, 0.2) is 0 Å².